The van der Waals surface area contributed by atoms with Crippen LogP contribution in [0.5, 0.6) is 0 Å². The van der Waals surface area contributed by atoms with Crippen LogP contribution in [-0.4, -0.2) is 30.8 Å². The number of nitrogens with zero attached hydrogens (tertiary/aromatic N) is 2. The van der Waals surface area contributed by atoms with Crippen LogP contribution in [0, 0.1) is 20.8 Å². The zero-order valence-electron chi connectivity index (χ0n) is 15.3. The number of carbonyl (C=O) groups is 1. The number of aromatic nitrogens is 2. The van der Waals surface area contributed by atoms with Crippen LogP contribution in [0.1, 0.15) is 33.3 Å². The molecular formula is C18H18N2O6S. The molecule has 0 aliphatic rings. The summed E-state index contributed by atoms with van der Waals surface area (Å²) in [5, 5.41) is 7.78. The lowest BCUT2D eigenvalue weighted by molar-refractivity contribution is 0.0437. The van der Waals surface area contributed by atoms with Gasteiger partial charge in [-0.1, -0.05) is 6.07 Å². The molecule has 0 radical (unpaired) electrons. The summed E-state index contributed by atoms with van der Waals surface area (Å²) in [4.78, 5) is 12.4. The van der Waals surface area contributed by atoms with Gasteiger partial charge in [0.1, 0.15) is 11.5 Å². The summed E-state index contributed by atoms with van der Waals surface area (Å²) in [5.41, 5.74) is 1.44. The van der Waals surface area contributed by atoms with Gasteiger partial charge in [-0.3, -0.25) is 0 Å². The maximum atomic E-state index is 12.3. The van der Waals surface area contributed by atoms with E-state index < -0.39 is 15.8 Å². The zero-order chi connectivity index (χ0) is 19.8. The Bertz CT molecular complexity index is 1110. The second-order valence-corrected chi connectivity index (χ2v) is 8.17. The first-order valence-electron chi connectivity index (χ1n) is 8.03. The van der Waals surface area contributed by atoms with Crippen LogP contribution in [0.4, 0.5) is 0 Å². The Morgan fingerprint density at radius 1 is 1.11 bits per heavy atom. The molecule has 0 spiro atoms. The topological polar surface area (TPSA) is 112 Å². The SMILES string of the molecule is Cc1cc(-c2nnc(COC(=O)c3cc(S(C)(=O)=O)ccc3C)o2)c(C)o1. The fourth-order valence-electron chi connectivity index (χ4n) is 2.52. The minimum absolute atomic E-state index is 0.0472. The van der Waals surface area contributed by atoms with Crippen molar-refractivity contribution in [2.45, 2.75) is 32.3 Å². The Kier molecular flexibility index (Phi) is 4.88. The predicted molar refractivity (Wildman–Crippen MR) is 94.9 cm³/mol. The maximum Gasteiger partial charge on any atom is 0.338 e. The van der Waals surface area contributed by atoms with Crippen LogP contribution < -0.4 is 0 Å². The number of esters is 1. The van der Waals surface area contributed by atoms with Crippen molar-refractivity contribution in [3.05, 3.63) is 52.8 Å². The van der Waals surface area contributed by atoms with E-state index in [-0.39, 0.29) is 28.8 Å². The van der Waals surface area contributed by atoms with E-state index in [1.54, 1.807) is 26.0 Å². The fraction of sp³-hybridized carbons (Fsp3) is 0.278. The van der Waals surface area contributed by atoms with Crippen LogP contribution in [0.2, 0.25) is 0 Å². The van der Waals surface area contributed by atoms with Crippen LogP contribution >= 0.6 is 0 Å². The zero-order valence-corrected chi connectivity index (χ0v) is 16.1. The number of ether oxygens (including phenoxy) is 1. The monoisotopic (exact) mass is 390 g/mol. The molecule has 2 aromatic heterocycles. The van der Waals surface area contributed by atoms with Gasteiger partial charge < -0.3 is 13.6 Å². The first-order chi connectivity index (χ1) is 12.6. The lowest BCUT2D eigenvalue weighted by Crippen LogP contribution is -2.09. The van der Waals surface area contributed by atoms with Crippen molar-refractivity contribution in [3.8, 4) is 11.5 Å². The molecule has 0 amide bonds. The third-order valence-electron chi connectivity index (χ3n) is 3.92. The van der Waals surface area contributed by atoms with Crippen molar-refractivity contribution < 1.29 is 26.8 Å². The number of furan rings is 1. The molecule has 8 nitrogen and oxygen atoms in total. The lowest BCUT2D eigenvalue weighted by Gasteiger charge is -2.07. The number of hydrogen-bond acceptors (Lipinski definition) is 8. The highest BCUT2D eigenvalue weighted by molar-refractivity contribution is 7.90. The summed E-state index contributed by atoms with van der Waals surface area (Å²) in [5.74, 6) is 1.08. The highest BCUT2D eigenvalue weighted by Gasteiger charge is 2.18. The Hall–Kier alpha value is -2.94. The van der Waals surface area contributed by atoms with Gasteiger partial charge in [-0.15, -0.1) is 10.2 Å². The molecule has 0 N–H and O–H groups in total. The van der Waals surface area contributed by atoms with Crippen LogP contribution in [0.15, 0.2) is 38.0 Å². The van der Waals surface area contributed by atoms with Gasteiger partial charge >= 0.3 is 5.97 Å². The molecule has 0 saturated carbocycles. The summed E-state index contributed by atoms with van der Waals surface area (Å²) < 4.78 is 39.5. The van der Waals surface area contributed by atoms with Gasteiger partial charge in [0.15, 0.2) is 16.4 Å². The summed E-state index contributed by atoms with van der Waals surface area (Å²) in [6.07, 6.45) is 1.08. The third-order valence-corrected chi connectivity index (χ3v) is 5.03. The predicted octanol–water partition coefficient (Wildman–Crippen LogP) is 3.02. The largest absolute Gasteiger partial charge is 0.466 e. The van der Waals surface area contributed by atoms with Crippen molar-refractivity contribution in [2.24, 2.45) is 0 Å². The normalized spacial score (nSPS) is 11.6. The summed E-state index contributed by atoms with van der Waals surface area (Å²) >= 11 is 0. The molecule has 3 rings (SSSR count). The molecule has 1 aromatic carbocycles. The Labute approximate surface area is 156 Å². The smallest absolute Gasteiger partial charge is 0.338 e. The second kappa shape index (κ2) is 6.99. The van der Waals surface area contributed by atoms with Gasteiger partial charge in [-0.2, -0.15) is 0 Å². The number of hydrogen-bond donors (Lipinski definition) is 0. The van der Waals surface area contributed by atoms with Crippen molar-refractivity contribution in [2.75, 3.05) is 6.26 Å². The summed E-state index contributed by atoms with van der Waals surface area (Å²) in [6, 6.07) is 6.07. The Balaban J connectivity index is 1.74. The molecule has 0 bridgehead atoms. The van der Waals surface area contributed by atoms with Crippen molar-refractivity contribution in [3.63, 3.8) is 0 Å². The lowest BCUT2D eigenvalue weighted by atomic mass is 10.1. The molecular weight excluding hydrogens is 372 g/mol. The fourth-order valence-corrected chi connectivity index (χ4v) is 3.17. The molecule has 9 heteroatoms. The van der Waals surface area contributed by atoms with Crippen molar-refractivity contribution in [1.82, 2.24) is 10.2 Å². The van der Waals surface area contributed by atoms with Gasteiger partial charge in [-0.25, -0.2) is 13.2 Å². The first kappa shape index (κ1) is 18.8. The van der Waals surface area contributed by atoms with Gasteiger partial charge in [0.2, 0.25) is 0 Å². The van der Waals surface area contributed by atoms with E-state index in [1.165, 1.54) is 12.1 Å². The highest BCUT2D eigenvalue weighted by atomic mass is 32.2. The minimum Gasteiger partial charge on any atom is -0.466 e. The van der Waals surface area contributed by atoms with Crippen molar-refractivity contribution in [1.29, 1.82) is 0 Å². The summed E-state index contributed by atoms with van der Waals surface area (Å²) in [6.45, 7) is 5.05. The first-order valence-corrected chi connectivity index (χ1v) is 9.92. The third kappa shape index (κ3) is 4.08. The van der Waals surface area contributed by atoms with Crippen molar-refractivity contribution >= 4 is 15.8 Å². The number of sulfone groups is 1. The van der Waals surface area contributed by atoms with E-state index in [4.69, 9.17) is 13.6 Å². The number of carbonyl (C=O) groups excluding carboxylic acids is 1. The van der Waals surface area contributed by atoms with E-state index in [0.717, 1.165) is 12.0 Å². The minimum atomic E-state index is -3.43. The van der Waals surface area contributed by atoms with Crippen LogP contribution in [-0.2, 0) is 21.2 Å². The molecule has 0 unspecified atom stereocenters. The van der Waals surface area contributed by atoms with E-state index >= 15 is 0 Å². The molecule has 27 heavy (non-hydrogen) atoms. The number of benzene rings is 1. The average Bonchev–Trinajstić information content (AvgIpc) is 3.17. The molecule has 0 atom stereocenters. The summed E-state index contributed by atoms with van der Waals surface area (Å²) in [7, 11) is -3.43. The molecule has 0 aliphatic heterocycles. The Morgan fingerprint density at radius 2 is 1.85 bits per heavy atom. The van der Waals surface area contributed by atoms with Crippen LogP contribution in [0.3, 0.4) is 0 Å². The Morgan fingerprint density at radius 3 is 2.48 bits per heavy atom. The average molecular weight is 390 g/mol. The quantitative estimate of drug-likeness (QED) is 0.611. The van der Waals surface area contributed by atoms with Gasteiger partial charge in [0.05, 0.1) is 16.0 Å². The second-order valence-electron chi connectivity index (χ2n) is 6.15. The molecule has 3 aromatic rings. The molecule has 2 heterocycles. The molecule has 0 saturated heterocycles. The molecule has 142 valence electrons. The van der Waals surface area contributed by atoms with Gasteiger partial charge in [0, 0.05) is 6.26 Å². The van der Waals surface area contributed by atoms with E-state index in [2.05, 4.69) is 10.2 Å². The number of rotatable bonds is 5. The van der Waals surface area contributed by atoms with Gasteiger partial charge in [-0.05, 0) is 44.5 Å². The maximum absolute atomic E-state index is 12.3. The molecule has 0 aliphatic carbocycles. The van der Waals surface area contributed by atoms with Gasteiger partial charge in [0.25, 0.3) is 11.8 Å². The van der Waals surface area contributed by atoms with E-state index in [0.29, 0.717) is 16.9 Å². The number of aryl methyl sites for hydroxylation is 3. The van der Waals surface area contributed by atoms with E-state index in [9.17, 15) is 13.2 Å². The van der Waals surface area contributed by atoms with E-state index in [1.807, 2.05) is 6.92 Å². The highest BCUT2D eigenvalue weighted by Crippen LogP contribution is 2.25. The standard InChI is InChI=1S/C18H18N2O6S/c1-10-5-6-13(27(4,22)23)8-14(10)18(21)24-9-16-19-20-17(26-16)15-7-11(2)25-12(15)3/h5-8H,9H2,1-4H3. The molecule has 0 fully saturated rings. The van der Waals surface area contributed by atoms with Crippen LogP contribution in [0.25, 0.3) is 11.5 Å².